The molecule has 3 aromatic rings. The molecule has 5 unspecified atom stereocenters. The highest BCUT2D eigenvalue weighted by molar-refractivity contribution is 5.95. The Kier molecular flexibility index (Phi) is 9.54. The number of aliphatic hydroxyl groups is 2. The molecule has 0 saturated heterocycles. The molecule has 3 amide bonds. The van der Waals surface area contributed by atoms with Crippen molar-refractivity contribution in [3.05, 3.63) is 54.2 Å². The molecule has 14 nitrogen and oxygen atoms in total. The lowest BCUT2D eigenvalue weighted by molar-refractivity contribution is -0.143. The molecule has 0 aliphatic heterocycles. The van der Waals surface area contributed by atoms with Gasteiger partial charge in [0.05, 0.1) is 19.0 Å². The van der Waals surface area contributed by atoms with Crippen LogP contribution < -0.4 is 21.7 Å². The Hall–Kier alpha value is -4.27. The van der Waals surface area contributed by atoms with Crippen LogP contribution in [0, 0.1) is 0 Å². The fraction of sp³-hybridized carbons (Fsp3) is 0.375. The number of imidazole rings is 1. The van der Waals surface area contributed by atoms with Crippen LogP contribution in [0.25, 0.3) is 10.9 Å². The summed E-state index contributed by atoms with van der Waals surface area (Å²) in [4.78, 5) is 60.0. The van der Waals surface area contributed by atoms with Gasteiger partial charge in [0.25, 0.3) is 0 Å². The minimum absolute atomic E-state index is 0.00847. The molecule has 0 aliphatic carbocycles. The monoisotopic (exact) mass is 529 g/mol. The van der Waals surface area contributed by atoms with Crippen molar-refractivity contribution in [3.8, 4) is 0 Å². The number of hydrogen-bond acceptors (Lipinski definition) is 8. The Morgan fingerprint density at radius 3 is 2.34 bits per heavy atom. The number of aliphatic hydroxyl groups excluding tert-OH is 2. The number of hydrogen-bond donors (Lipinski definition) is 9. The number of fused-ring (bicyclic) bond motifs is 1. The maximum absolute atomic E-state index is 13.3. The summed E-state index contributed by atoms with van der Waals surface area (Å²) in [5.41, 5.74) is 7.54. The van der Waals surface area contributed by atoms with Crippen molar-refractivity contribution < 1.29 is 34.5 Å². The maximum atomic E-state index is 13.3. The summed E-state index contributed by atoms with van der Waals surface area (Å²) in [6.07, 6.45) is 2.91. The number of carboxylic acids is 1. The molecule has 204 valence electrons. The smallest absolute Gasteiger partial charge is 0.326 e. The molecule has 38 heavy (non-hydrogen) atoms. The van der Waals surface area contributed by atoms with Crippen molar-refractivity contribution in [2.75, 3.05) is 6.61 Å². The minimum Gasteiger partial charge on any atom is -0.480 e. The first-order valence-electron chi connectivity index (χ1n) is 11.8. The van der Waals surface area contributed by atoms with Gasteiger partial charge in [0.1, 0.15) is 24.2 Å². The summed E-state index contributed by atoms with van der Waals surface area (Å²) in [6, 6.07) is 1.86. The van der Waals surface area contributed by atoms with E-state index in [-0.39, 0.29) is 12.8 Å². The normalized spacial score (nSPS) is 15.2. The van der Waals surface area contributed by atoms with Crippen molar-refractivity contribution >= 4 is 34.6 Å². The van der Waals surface area contributed by atoms with Gasteiger partial charge in [-0.3, -0.25) is 14.4 Å². The standard InChI is InChI=1S/C24H31N7O7/c1-12(33)20(23(36)30-19(24(37)38)7-14-9-26-11-28-14)31-22(35)18(29-21(34)16(25)10-32)6-13-8-27-17-5-3-2-4-15(13)17/h2-5,8-9,11-12,16,18-20,27,32-33H,6-7,10,25H2,1H3,(H,26,28)(H,29,34)(H,30,36)(H,31,35)(H,37,38). The largest absolute Gasteiger partial charge is 0.480 e. The van der Waals surface area contributed by atoms with Gasteiger partial charge in [-0.2, -0.15) is 0 Å². The van der Waals surface area contributed by atoms with E-state index in [2.05, 4.69) is 30.9 Å². The highest BCUT2D eigenvalue weighted by Crippen LogP contribution is 2.19. The predicted octanol–water partition coefficient (Wildman–Crippen LogP) is -2.08. The van der Waals surface area contributed by atoms with Crippen LogP contribution in [0.2, 0.25) is 0 Å². The molecule has 3 rings (SSSR count). The van der Waals surface area contributed by atoms with Crippen LogP contribution in [0.15, 0.2) is 43.0 Å². The lowest BCUT2D eigenvalue weighted by atomic mass is 10.0. The van der Waals surface area contributed by atoms with Crippen molar-refractivity contribution in [3.63, 3.8) is 0 Å². The Morgan fingerprint density at radius 2 is 1.71 bits per heavy atom. The number of carbonyl (C=O) groups is 4. The van der Waals surface area contributed by atoms with E-state index in [1.165, 1.54) is 19.4 Å². The van der Waals surface area contributed by atoms with Crippen molar-refractivity contribution in [1.29, 1.82) is 0 Å². The maximum Gasteiger partial charge on any atom is 0.326 e. The molecular formula is C24H31N7O7. The van der Waals surface area contributed by atoms with E-state index in [4.69, 9.17) is 5.73 Å². The number of H-pyrrole nitrogens is 2. The molecule has 2 heterocycles. The van der Waals surface area contributed by atoms with Crippen LogP contribution >= 0.6 is 0 Å². The summed E-state index contributed by atoms with van der Waals surface area (Å²) < 4.78 is 0. The number of rotatable bonds is 13. The molecular weight excluding hydrogens is 498 g/mol. The summed E-state index contributed by atoms with van der Waals surface area (Å²) in [5.74, 6) is -3.89. The second-order valence-corrected chi connectivity index (χ2v) is 8.82. The number of nitrogens with zero attached hydrogens (tertiary/aromatic N) is 1. The number of carbonyl (C=O) groups excluding carboxylic acids is 3. The van der Waals surface area contributed by atoms with E-state index in [0.717, 1.165) is 10.9 Å². The lowest BCUT2D eigenvalue weighted by Gasteiger charge is -2.26. The van der Waals surface area contributed by atoms with Gasteiger partial charge >= 0.3 is 5.97 Å². The number of carboxylic acid groups (broad SMARTS) is 1. The highest BCUT2D eigenvalue weighted by atomic mass is 16.4. The van der Waals surface area contributed by atoms with Crippen LogP contribution in [-0.4, -0.2) is 90.8 Å². The zero-order valence-corrected chi connectivity index (χ0v) is 20.5. The van der Waals surface area contributed by atoms with E-state index in [1.54, 1.807) is 6.20 Å². The molecule has 0 spiro atoms. The summed E-state index contributed by atoms with van der Waals surface area (Å²) in [7, 11) is 0. The summed E-state index contributed by atoms with van der Waals surface area (Å²) in [6.45, 7) is 0.600. The summed E-state index contributed by atoms with van der Waals surface area (Å²) in [5, 5.41) is 37.0. The third kappa shape index (κ3) is 7.15. The van der Waals surface area contributed by atoms with E-state index in [1.807, 2.05) is 24.3 Å². The molecule has 2 aromatic heterocycles. The number of nitrogens with two attached hydrogens (primary N) is 1. The first-order chi connectivity index (χ1) is 18.1. The minimum atomic E-state index is -1.54. The quantitative estimate of drug-likeness (QED) is 0.118. The van der Waals surface area contributed by atoms with E-state index in [0.29, 0.717) is 11.3 Å². The zero-order valence-electron chi connectivity index (χ0n) is 20.5. The second-order valence-electron chi connectivity index (χ2n) is 8.82. The predicted molar refractivity (Wildman–Crippen MR) is 134 cm³/mol. The number of amides is 3. The van der Waals surface area contributed by atoms with Crippen LogP contribution in [-0.2, 0) is 32.0 Å². The molecule has 0 saturated carbocycles. The first-order valence-corrected chi connectivity index (χ1v) is 11.8. The van der Waals surface area contributed by atoms with Gasteiger partial charge in [0, 0.05) is 41.8 Å². The van der Waals surface area contributed by atoms with E-state index in [9.17, 15) is 34.5 Å². The molecule has 10 N–H and O–H groups in total. The molecule has 5 atom stereocenters. The number of nitrogens with one attached hydrogen (secondary N) is 5. The van der Waals surface area contributed by atoms with Gasteiger partial charge in [0.2, 0.25) is 17.7 Å². The number of aliphatic carboxylic acids is 1. The van der Waals surface area contributed by atoms with Crippen molar-refractivity contribution in [2.45, 2.75) is 50.0 Å². The number of aromatic nitrogens is 3. The van der Waals surface area contributed by atoms with E-state index < -0.39 is 60.6 Å². The topological polar surface area (TPSA) is 236 Å². The average molecular weight is 530 g/mol. The molecule has 1 aromatic carbocycles. The zero-order chi connectivity index (χ0) is 27.8. The number of para-hydroxylation sites is 1. The van der Waals surface area contributed by atoms with Crippen molar-refractivity contribution in [1.82, 2.24) is 30.9 Å². The first kappa shape index (κ1) is 28.3. The third-order valence-electron chi connectivity index (χ3n) is 5.92. The third-order valence-corrected chi connectivity index (χ3v) is 5.92. The highest BCUT2D eigenvalue weighted by Gasteiger charge is 2.33. The number of benzene rings is 1. The fourth-order valence-corrected chi connectivity index (χ4v) is 3.83. The fourth-order valence-electron chi connectivity index (χ4n) is 3.83. The average Bonchev–Trinajstić information content (AvgIpc) is 3.55. The van der Waals surface area contributed by atoms with Crippen LogP contribution in [0.4, 0.5) is 0 Å². The van der Waals surface area contributed by atoms with Gasteiger partial charge < -0.3 is 47.0 Å². The molecule has 0 fully saturated rings. The Balaban J connectivity index is 1.79. The SMILES string of the molecule is CC(O)C(NC(=O)C(Cc1c[nH]c2ccccc12)NC(=O)C(N)CO)C(=O)NC(Cc1cnc[nH]1)C(=O)O. The van der Waals surface area contributed by atoms with Gasteiger partial charge in [0.15, 0.2) is 0 Å². The van der Waals surface area contributed by atoms with E-state index >= 15 is 0 Å². The van der Waals surface area contributed by atoms with Crippen molar-refractivity contribution in [2.24, 2.45) is 5.73 Å². The van der Waals surface area contributed by atoms with Crippen LogP contribution in [0.1, 0.15) is 18.2 Å². The lowest BCUT2D eigenvalue weighted by Crippen LogP contribution is -2.60. The Morgan fingerprint density at radius 1 is 1.00 bits per heavy atom. The molecule has 14 heteroatoms. The number of aromatic amines is 2. The summed E-state index contributed by atoms with van der Waals surface area (Å²) >= 11 is 0. The van der Waals surface area contributed by atoms with Gasteiger partial charge in [-0.25, -0.2) is 9.78 Å². The molecule has 0 bridgehead atoms. The Bertz CT molecular complexity index is 1260. The van der Waals surface area contributed by atoms with Gasteiger partial charge in [-0.1, -0.05) is 18.2 Å². The second kappa shape index (κ2) is 12.8. The van der Waals surface area contributed by atoms with Crippen LogP contribution in [0.3, 0.4) is 0 Å². The molecule has 0 aliphatic rings. The Labute approximate surface area is 217 Å². The van der Waals surface area contributed by atoms with Gasteiger partial charge in [-0.15, -0.1) is 0 Å². The molecule has 0 radical (unpaired) electrons. The van der Waals surface area contributed by atoms with Crippen LogP contribution in [0.5, 0.6) is 0 Å². The van der Waals surface area contributed by atoms with Gasteiger partial charge in [-0.05, 0) is 18.6 Å².